The number of unbranched alkanes of at least 4 members (excludes halogenated alkanes) is 1. The van der Waals surface area contributed by atoms with Gasteiger partial charge in [-0.3, -0.25) is 9.69 Å². The van der Waals surface area contributed by atoms with Gasteiger partial charge in [-0.25, -0.2) is 0 Å². The number of carbonyl (C=O) groups is 1. The summed E-state index contributed by atoms with van der Waals surface area (Å²) in [5.41, 5.74) is 0. The molecule has 17 heavy (non-hydrogen) atoms. The molecule has 1 N–H and O–H groups in total. The van der Waals surface area contributed by atoms with E-state index in [0.717, 1.165) is 19.4 Å². The van der Waals surface area contributed by atoms with E-state index in [1.54, 1.807) is 13.0 Å². The Morgan fingerprint density at radius 3 is 2.88 bits per heavy atom. The van der Waals surface area contributed by atoms with Gasteiger partial charge >= 0.3 is 0 Å². The number of aromatic nitrogens is 1. The van der Waals surface area contributed by atoms with Gasteiger partial charge in [-0.1, -0.05) is 18.5 Å². The molecule has 0 radical (unpaired) electrons. The van der Waals surface area contributed by atoms with Crippen molar-refractivity contribution in [1.29, 1.82) is 0 Å². The van der Waals surface area contributed by atoms with E-state index in [9.17, 15) is 4.79 Å². The first-order valence-electron chi connectivity index (χ1n) is 5.99. The van der Waals surface area contributed by atoms with Crippen molar-refractivity contribution in [2.45, 2.75) is 39.7 Å². The lowest BCUT2D eigenvalue weighted by Gasteiger charge is -2.22. The van der Waals surface area contributed by atoms with E-state index in [0.29, 0.717) is 11.6 Å². The van der Waals surface area contributed by atoms with Crippen LogP contribution in [-0.4, -0.2) is 35.6 Å². The second kappa shape index (κ2) is 6.39. The molecule has 5 heteroatoms. The van der Waals surface area contributed by atoms with E-state index in [-0.39, 0.29) is 11.9 Å². The summed E-state index contributed by atoms with van der Waals surface area (Å²) in [6, 6.07) is 1.54. The van der Waals surface area contributed by atoms with Crippen molar-refractivity contribution in [3.8, 4) is 0 Å². The summed E-state index contributed by atoms with van der Waals surface area (Å²) in [5.74, 6) is 1.10. The lowest BCUT2D eigenvalue weighted by atomic mass is 10.2. The Bertz CT molecular complexity index is 362. The molecule has 0 bridgehead atoms. The number of likely N-dealkylation sites (N-methyl/N-ethyl adjacent to an activating group) is 1. The number of hydrogen-bond acceptors (Lipinski definition) is 4. The Balaban J connectivity index is 2.46. The molecule has 1 amide bonds. The molecule has 96 valence electrons. The van der Waals surface area contributed by atoms with Crippen LogP contribution >= 0.6 is 0 Å². The number of aryl methyl sites for hydroxylation is 1. The minimum absolute atomic E-state index is 0.0584. The Labute approximate surface area is 102 Å². The first-order chi connectivity index (χ1) is 8.04. The van der Waals surface area contributed by atoms with E-state index in [2.05, 4.69) is 17.4 Å². The summed E-state index contributed by atoms with van der Waals surface area (Å²) in [4.78, 5) is 13.9. The molecule has 1 rings (SSSR count). The molecule has 0 fully saturated rings. The second-order valence-corrected chi connectivity index (χ2v) is 4.32. The van der Waals surface area contributed by atoms with E-state index in [4.69, 9.17) is 4.52 Å². The van der Waals surface area contributed by atoms with Gasteiger partial charge in [-0.15, -0.1) is 0 Å². The van der Waals surface area contributed by atoms with Crippen molar-refractivity contribution in [2.75, 3.05) is 18.9 Å². The number of carbonyl (C=O) groups excluding carboxylic acids is 1. The summed E-state index contributed by atoms with van der Waals surface area (Å²) in [7, 11) is 1.95. The van der Waals surface area contributed by atoms with Crippen LogP contribution in [0.2, 0.25) is 0 Å². The van der Waals surface area contributed by atoms with Crippen LogP contribution in [0, 0.1) is 6.92 Å². The fourth-order valence-corrected chi connectivity index (χ4v) is 1.46. The van der Waals surface area contributed by atoms with Crippen molar-refractivity contribution in [3.63, 3.8) is 0 Å². The molecule has 0 aliphatic heterocycles. The van der Waals surface area contributed by atoms with Gasteiger partial charge in [0.2, 0.25) is 5.91 Å². The Kier molecular flexibility index (Phi) is 5.15. The topological polar surface area (TPSA) is 58.4 Å². The fourth-order valence-electron chi connectivity index (χ4n) is 1.46. The Morgan fingerprint density at radius 1 is 1.65 bits per heavy atom. The molecule has 1 unspecified atom stereocenters. The van der Waals surface area contributed by atoms with Crippen molar-refractivity contribution >= 4 is 11.7 Å². The molecule has 1 aromatic rings. The third-order valence-corrected chi connectivity index (χ3v) is 2.78. The van der Waals surface area contributed by atoms with E-state index in [1.807, 2.05) is 18.9 Å². The van der Waals surface area contributed by atoms with Crippen LogP contribution in [0.15, 0.2) is 10.6 Å². The summed E-state index contributed by atoms with van der Waals surface area (Å²) < 4.78 is 4.89. The molecule has 0 aromatic carbocycles. The predicted molar refractivity (Wildman–Crippen MR) is 66.9 cm³/mol. The minimum Gasteiger partial charge on any atom is -0.360 e. The highest BCUT2D eigenvalue weighted by molar-refractivity contribution is 5.93. The van der Waals surface area contributed by atoms with Crippen LogP contribution in [0.4, 0.5) is 5.82 Å². The fraction of sp³-hybridized carbons (Fsp3) is 0.667. The number of hydrogen-bond donors (Lipinski definition) is 1. The minimum atomic E-state index is -0.168. The van der Waals surface area contributed by atoms with Crippen molar-refractivity contribution < 1.29 is 9.32 Å². The van der Waals surface area contributed by atoms with E-state index < -0.39 is 0 Å². The molecule has 0 aliphatic rings. The molecule has 1 atom stereocenters. The molecule has 0 spiro atoms. The summed E-state index contributed by atoms with van der Waals surface area (Å²) in [6.45, 7) is 6.73. The Hall–Kier alpha value is -1.36. The molecule has 0 aliphatic carbocycles. The van der Waals surface area contributed by atoms with Crippen LogP contribution in [0.5, 0.6) is 0 Å². The Morgan fingerprint density at radius 2 is 2.35 bits per heavy atom. The third-order valence-electron chi connectivity index (χ3n) is 2.78. The van der Waals surface area contributed by atoms with Gasteiger partial charge in [0, 0.05) is 6.07 Å². The highest BCUT2D eigenvalue weighted by Crippen LogP contribution is 2.08. The summed E-state index contributed by atoms with van der Waals surface area (Å²) in [6.07, 6.45) is 2.22. The monoisotopic (exact) mass is 239 g/mol. The SMILES string of the molecule is CCCCN(C)C(C)C(=O)Nc1cc(C)on1. The second-order valence-electron chi connectivity index (χ2n) is 4.32. The van der Waals surface area contributed by atoms with E-state index in [1.165, 1.54) is 0 Å². The molecular formula is C12H21N3O2. The normalized spacial score (nSPS) is 12.8. The maximum Gasteiger partial charge on any atom is 0.242 e. The van der Waals surface area contributed by atoms with Crippen LogP contribution in [0.1, 0.15) is 32.4 Å². The maximum absolute atomic E-state index is 11.9. The summed E-state index contributed by atoms with van der Waals surface area (Å²) in [5, 5.41) is 6.47. The molecular weight excluding hydrogens is 218 g/mol. The number of nitrogens with one attached hydrogen (secondary N) is 1. The zero-order valence-corrected chi connectivity index (χ0v) is 11.0. The van der Waals surface area contributed by atoms with Gasteiger partial charge in [0.1, 0.15) is 5.76 Å². The molecule has 1 aromatic heterocycles. The standard InChI is InChI=1S/C12H21N3O2/c1-5-6-7-15(4)10(3)12(16)13-11-8-9(2)17-14-11/h8,10H,5-7H2,1-4H3,(H,13,14,16). The van der Waals surface area contributed by atoms with Gasteiger partial charge in [0.25, 0.3) is 0 Å². The average molecular weight is 239 g/mol. The first-order valence-corrected chi connectivity index (χ1v) is 5.99. The lowest BCUT2D eigenvalue weighted by Crippen LogP contribution is -2.40. The predicted octanol–water partition coefficient (Wildman–Crippen LogP) is 2.04. The highest BCUT2D eigenvalue weighted by atomic mass is 16.5. The third kappa shape index (κ3) is 4.19. The van der Waals surface area contributed by atoms with Crippen LogP contribution in [0.3, 0.4) is 0 Å². The van der Waals surface area contributed by atoms with E-state index >= 15 is 0 Å². The van der Waals surface area contributed by atoms with Gasteiger partial charge in [-0.2, -0.15) is 0 Å². The summed E-state index contributed by atoms with van der Waals surface area (Å²) >= 11 is 0. The zero-order valence-electron chi connectivity index (χ0n) is 11.0. The van der Waals surface area contributed by atoms with Gasteiger partial charge in [-0.05, 0) is 33.9 Å². The lowest BCUT2D eigenvalue weighted by molar-refractivity contribution is -0.120. The van der Waals surface area contributed by atoms with Crippen molar-refractivity contribution in [1.82, 2.24) is 10.1 Å². The number of nitrogens with zero attached hydrogens (tertiary/aromatic N) is 2. The first kappa shape index (κ1) is 13.7. The van der Waals surface area contributed by atoms with Gasteiger partial charge in [0.15, 0.2) is 5.82 Å². The van der Waals surface area contributed by atoms with Crippen LogP contribution in [0.25, 0.3) is 0 Å². The average Bonchev–Trinajstić information content (AvgIpc) is 2.70. The van der Waals surface area contributed by atoms with Crippen LogP contribution in [-0.2, 0) is 4.79 Å². The number of amides is 1. The maximum atomic E-state index is 11.9. The quantitative estimate of drug-likeness (QED) is 0.825. The van der Waals surface area contributed by atoms with Gasteiger partial charge < -0.3 is 9.84 Å². The molecule has 0 saturated carbocycles. The van der Waals surface area contributed by atoms with Crippen molar-refractivity contribution in [2.24, 2.45) is 0 Å². The molecule has 5 nitrogen and oxygen atoms in total. The smallest absolute Gasteiger partial charge is 0.242 e. The van der Waals surface area contributed by atoms with Crippen LogP contribution < -0.4 is 5.32 Å². The molecule has 1 heterocycles. The van der Waals surface area contributed by atoms with Crippen molar-refractivity contribution in [3.05, 3.63) is 11.8 Å². The zero-order chi connectivity index (χ0) is 12.8. The highest BCUT2D eigenvalue weighted by Gasteiger charge is 2.18. The number of rotatable bonds is 6. The number of anilines is 1. The largest absolute Gasteiger partial charge is 0.360 e. The van der Waals surface area contributed by atoms with Gasteiger partial charge in [0.05, 0.1) is 6.04 Å². The molecule has 0 saturated heterocycles.